The first kappa shape index (κ1) is 14.6. The van der Waals surface area contributed by atoms with E-state index in [1.807, 2.05) is 6.07 Å². The molecule has 0 unspecified atom stereocenters. The molecule has 1 amide bonds. The molecule has 0 aliphatic rings. The number of anilines is 2. The van der Waals surface area contributed by atoms with Gasteiger partial charge in [0.15, 0.2) is 0 Å². The van der Waals surface area contributed by atoms with Gasteiger partial charge in [0, 0.05) is 5.56 Å². The maximum absolute atomic E-state index is 12.2. The van der Waals surface area contributed by atoms with Crippen LogP contribution in [0.3, 0.4) is 0 Å². The van der Waals surface area contributed by atoms with Crippen LogP contribution in [0, 0.1) is 11.3 Å². The lowest BCUT2D eigenvalue weighted by Gasteiger charge is -2.11. The molecule has 0 saturated carbocycles. The fourth-order valence-electron chi connectivity index (χ4n) is 1.76. The zero-order chi connectivity index (χ0) is 15.4. The molecular formula is C14H11ClN4O2. The highest BCUT2D eigenvalue weighted by molar-refractivity contribution is 6.30. The number of amides is 1. The molecule has 6 nitrogen and oxygen atoms in total. The number of halogens is 1. The SMILES string of the molecule is COc1cccc(C#N)c1NC(=O)c1cc(N)nc(Cl)c1. The number of benzene rings is 1. The number of nitriles is 1. The summed E-state index contributed by atoms with van der Waals surface area (Å²) < 4.78 is 5.14. The Labute approximate surface area is 126 Å². The molecule has 0 spiro atoms. The molecule has 0 bridgehead atoms. The number of nitrogens with one attached hydrogen (secondary N) is 1. The maximum Gasteiger partial charge on any atom is 0.256 e. The highest BCUT2D eigenvalue weighted by Crippen LogP contribution is 2.28. The number of nitrogens with zero attached hydrogens (tertiary/aromatic N) is 2. The van der Waals surface area contributed by atoms with E-state index in [1.165, 1.54) is 19.2 Å². The first-order chi connectivity index (χ1) is 10.0. The number of rotatable bonds is 3. The number of aromatic nitrogens is 1. The van der Waals surface area contributed by atoms with Crippen molar-refractivity contribution in [3.63, 3.8) is 0 Å². The second-order valence-electron chi connectivity index (χ2n) is 4.05. The molecule has 0 atom stereocenters. The van der Waals surface area contributed by atoms with E-state index in [2.05, 4.69) is 10.3 Å². The number of hydrogen-bond donors (Lipinski definition) is 2. The molecule has 0 aliphatic heterocycles. The van der Waals surface area contributed by atoms with Gasteiger partial charge in [-0.15, -0.1) is 0 Å². The van der Waals surface area contributed by atoms with Crippen LogP contribution in [0.4, 0.5) is 11.5 Å². The van der Waals surface area contributed by atoms with Gasteiger partial charge in [-0.1, -0.05) is 17.7 Å². The van der Waals surface area contributed by atoms with E-state index in [4.69, 9.17) is 27.3 Å². The molecule has 106 valence electrons. The molecule has 2 aromatic rings. The second-order valence-corrected chi connectivity index (χ2v) is 4.44. The van der Waals surface area contributed by atoms with E-state index < -0.39 is 5.91 Å². The van der Waals surface area contributed by atoms with Gasteiger partial charge < -0.3 is 15.8 Å². The summed E-state index contributed by atoms with van der Waals surface area (Å²) >= 11 is 5.77. The monoisotopic (exact) mass is 302 g/mol. The Hall–Kier alpha value is -2.78. The van der Waals surface area contributed by atoms with Crippen molar-refractivity contribution in [3.8, 4) is 11.8 Å². The first-order valence-corrected chi connectivity index (χ1v) is 6.24. The van der Waals surface area contributed by atoms with E-state index in [0.29, 0.717) is 11.4 Å². The Morgan fingerprint density at radius 3 is 2.86 bits per heavy atom. The number of para-hydroxylation sites is 1. The molecule has 0 saturated heterocycles. The number of methoxy groups -OCH3 is 1. The molecule has 0 fully saturated rings. The summed E-state index contributed by atoms with van der Waals surface area (Å²) in [6.45, 7) is 0. The minimum Gasteiger partial charge on any atom is -0.495 e. The van der Waals surface area contributed by atoms with Gasteiger partial charge in [0.25, 0.3) is 5.91 Å². The second kappa shape index (κ2) is 6.11. The van der Waals surface area contributed by atoms with Crippen LogP contribution in [0.15, 0.2) is 30.3 Å². The summed E-state index contributed by atoms with van der Waals surface area (Å²) in [6.07, 6.45) is 0. The third-order valence-electron chi connectivity index (χ3n) is 2.68. The third kappa shape index (κ3) is 3.22. The van der Waals surface area contributed by atoms with Crippen LogP contribution in [0.1, 0.15) is 15.9 Å². The van der Waals surface area contributed by atoms with Gasteiger partial charge in [-0.25, -0.2) is 4.98 Å². The summed E-state index contributed by atoms with van der Waals surface area (Å²) in [7, 11) is 1.45. The number of hydrogen-bond acceptors (Lipinski definition) is 5. The Morgan fingerprint density at radius 2 is 2.24 bits per heavy atom. The zero-order valence-electron chi connectivity index (χ0n) is 11.1. The van der Waals surface area contributed by atoms with E-state index in [9.17, 15) is 4.79 Å². The van der Waals surface area contributed by atoms with Crippen molar-refractivity contribution in [2.45, 2.75) is 0 Å². The average molecular weight is 303 g/mol. The van der Waals surface area contributed by atoms with E-state index in [1.54, 1.807) is 18.2 Å². The fourth-order valence-corrected chi connectivity index (χ4v) is 1.97. The summed E-state index contributed by atoms with van der Waals surface area (Å²) in [5.74, 6) is 0.0516. The van der Waals surface area contributed by atoms with Gasteiger partial charge in [-0.2, -0.15) is 5.26 Å². The van der Waals surface area contributed by atoms with Gasteiger partial charge in [-0.05, 0) is 24.3 Å². The lowest BCUT2D eigenvalue weighted by molar-refractivity contribution is 0.102. The maximum atomic E-state index is 12.2. The summed E-state index contributed by atoms with van der Waals surface area (Å²) in [6, 6.07) is 9.65. The molecular weight excluding hydrogens is 292 g/mol. The van der Waals surface area contributed by atoms with E-state index >= 15 is 0 Å². The molecule has 21 heavy (non-hydrogen) atoms. The van der Waals surface area contributed by atoms with Crippen LogP contribution < -0.4 is 15.8 Å². The van der Waals surface area contributed by atoms with Crippen LogP contribution in [0.2, 0.25) is 5.15 Å². The molecule has 1 heterocycles. The Morgan fingerprint density at radius 1 is 1.48 bits per heavy atom. The molecule has 7 heteroatoms. The van der Waals surface area contributed by atoms with Crippen molar-refractivity contribution in [1.29, 1.82) is 5.26 Å². The number of pyridine rings is 1. The van der Waals surface area contributed by atoms with Gasteiger partial charge >= 0.3 is 0 Å². The van der Waals surface area contributed by atoms with Gasteiger partial charge in [-0.3, -0.25) is 4.79 Å². The molecule has 0 radical (unpaired) electrons. The normalized spacial score (nSPS) is 9.76. The van der Waals surface area contributed by atoms with Crippen molar-refractivity contribution in [2.75, 3.05) is 18.2 Å². The lowest BCUT2D eigenvalue weighted by atomic mass is 10.1. The molecule has 1 aromatic carbocycles. The summed E-state index contributed by atoms with van der Waals surface area (Å²) in [5, 5.41) is 11.8. The molecule has 2 rings (SSSR count). The topological polar surface area (TPSA) is 101 Å². The average Bonchev–Trinajstić information content (AvgIpc) is 2.46. The van der Waals surface area contributed by atoms with Crippen LogP contribution in [-0.2, 0) is 0 Å². The minimum atomic E-state index is -0.466. The quantitative estimate of drug-likeness (QED) is 0.848. The Bertz CT molecular complexity index is 720. The van der Waals surface area contributed by atoms with Gasteiger partial charge in [0.1, 0.15) is 28.5 Å². The molecule has 3 N–H and O–H groups in total. The van der Waals surface area contributed by atoms with Crippen LogP contribution >= 0.6 is 11.6 Å². The van der Waals surface area contributed by atoms with Crippen molar-refractivity contribution in [1.82, 2.24) is 4.98 Å². The smallest absolute Gasteiger partial charge is 0.256 e. The van der Waals surface area contributed by atoms with Crippen molar-refractivity contribution in [2.24, 2.45) is 0 Å². The third-order valence-corrected chi connectivity index (χ3v) is 2.87. The number of nitrogens with two attached hydrogens (primary N) is 1. The van der Waals surface area contributed by atoms with Crippen LogP contribution in [-0.4, -0.2) is 18.0 Å². The molecule has 0 aliphatic carbocycles. The predicted molar refractivity (Wildman–Crippen MR) is 79.3 cm³/mol. The predicted octanol–water partition coefficient (Wildman–Crippen LogP) is 2.45. The Kier molecular flexibility index (Phi) is 4.26. The van der Waals surface area contributed by atoms with Crippen molar-refractivity contribution < 1.29 is 9.53 Å². The largest absolute Gasteiger partial charge is 0.495 e. The standard InChI is InChI=1S/C14H11ClN4O2/c1-21-10-4-2-3-8(7-16)13(10)19-14(20)9-5-11(15)18-12(17)6-9/h2-6H,1H3,(H2,17,18)(H,19,20). The van der Waals surface area contributed by atoms with Gasteiger partial charge in [0.05, 0.1) is 12.7 Å². The number of carbonyl (C=O) groups is 1. The van der Waals surface area contributed by atoms with Crippen molar-refractivity contribution in [3.05, 3.63) is 46.6 Å². The van der Waals surface area contributed by atoms with E-state index in [-0.39, 0.29) is 22.1 Å². The van der Waals surface area contributed by atoms with Crippen molar-refractivity contribution >= 4 is 29.0 Å². The highest BCUT2D eigenvalue weighted by Gasteiger charge is 2.14. The highest BCUT2D eigenvalue weighted by atomic mass is 35.5. The van der Waals surface area contributed by atoms with E-state index in [0.717, 1.165) is 0 Å². The fraction of sp³-hybridized carbons (Fsp3) is 0.0714. The van der Waals surface area contributed by atoms with Gasteiger partial charge in [0.2, 0.25) is 0 Å². The first-order valence-electron chi connectivity index (χ1n) is 5.86. The summed E-state index contributed by atoms with van der Waals surface area (Å²) in [4.78, 5) is 16.0. The minimum absolute atomic E-state index is 0.112. The van der Waals surface area contributed by atoms with Crippen LogP contribution in [0.25, 0.3) is 0 Å². The number of ether oxygens (including phenoxy) is 1. The Balaban J connectivity index is 2.38. The summed E-state index contributed by atoms with van der Waals surface area (Å²) in [5.41, 5.74) is 6.37. The molecule has 1 aromatic heterocycles. The zero-order valence-corrected chi connectivity index (χ0v) is 11.8. The number of nitrogen functional groups attached to an aromatic ring is 1. The lowest BCUT2D eigenvalue weighted by Crippen LogP contribution is -2.14. The number of carbonyl (C=O) groups excluding carboxylic acids is 1. The van der Waals surface area contributed by atoms with Crippen LogP contribution in [0.5, 0.6) is 5.75 Å².